The molecule has 0 bridgehead atoms. The van der Waals surface area contributed by atoms with Crippen LogP contribution < -0.4 is 15.5 Å². The molecule has 1 spiro atoms. The summed E-state index contributed by atoms with van der Waals surface area (Å²) < 4.78 is 1.36. The zero-order valence-electron chi connectivity index (χ0n) is 21.9. The first-order chi connectivity index (χ1) is 19.8. The van der Waals surface area contributed by atoms with Crippen LogP contribution in [0.15, 0.2) is 115 Å². The monoisotopic (exact) mass is 545 g/mol. The van der Waals surface area contributed by atoms with E-state index in [0.29, 0.717) is 11.4 Å². The van der Waals surface area contributed by atoms with Crippen molar-refractivity contribution in [3.8, 4) is 5.75 Å². The number of ketones is 1. The number of amides is 2. The van der Waals surface area contributed by atoms with Gasteiger partial charge in [0.2, 0.25) is 0 Å². The van der Waals surface area contributed by atoms with Crippen molar-refractivity contribution in [2.75, 3.05) is 9.80 Å². The van der Waals surface area contributed by atoms with Crippen LogP contribution in [-0.4, -0.2) is 44.0 Å². The highest BCUT2D eigenvalue weighted by atomic mass is 16.3. The fourth-order valence-electron chi connectivity index (χ4n) is 5.45. The molecule has 1 unspecified atom stereocenters. The number of hydrogen-bond acceptors (Lipinski definition) is 6. The number of hydrogen-bond donors (Lipinski definition) is 3. The van der Waals surface area contributed by atoms with Crippen molar-refractivity contribution in [1.29, 1.82) is 0 Å². The van der Waals surface area contributed by atoms with E-state index in [9.17, 15) is 24.6 Å². The van der Waals surface area contributed by atoms with Crippen molar-refractivity contribution in [1.82, 2.24) is 0 Å². The topological polar surface area (TPSA) is 127 Å². The largest absolute Gasteiger partial charge is 0.507 e. The zero-order chi connectivity index (χ0) is 28.9. The maximum absolute atomic E-state index is 14.9. The van der Waals surface area contributed by atoms with Crippen molar-refractivity contribution in [3.05, 3.63) is 126 Å². The van der Waals surface area contributed by atoms with Gasteiger partial charge in [0.1, 0.15) is 28.5 Å². The number of nitrogens with two attached hydrogens (primary N) is 1. The third-order valence-corrected chi connectivity index (χ3v) is 7.29. The Morgan fingerprint density at radius 3 is 2.02 bits per heavy atom. The summed E-state index contributed by atoms with van der Waals surface area (Å²) in [7, 11) is 0. The number of aromatic hydroxyl groups is 1. The standard InChI is InChI=1S/C32H24N4O5/c1-20-16-18-21(19-17-20)27(38)26-28(39)29(40)36(24-14-8-9-15-25(24)37)32(26)30(41)34(22-10-4-2-5-11-22)31(33)35(32)23-12-6-3-7-13-23/h2-19,33H,1H3,(H2,37,38,39)/p+1. The zero-order valence-corrected chi connectivity index (χ0v) is 21.9. The molecule has 0 radical (unpaired) electrons. The molecule has 1 saturated heterocycles. The van der Waals surface area contributed by atoms with Crippen molar-refractivity contribution < 1.29 is 29.2 Å². The fourth-order valence-corrected chi connectivity index (χ4v) is 5.45. The molecule has 0 aliphatic carbocycles. The minimum atomic E-state index is -2.33. The summed E-state index contributed by atoms with van der Waals surface area (Å²) in [4.78, 5) is 45.0. The van der Waals surface area contributed by atoms with Gasteiger partial charge in [-0.2, -0.15) is 9.48 Å². The summed E-state index contributed by atoms with van der Waals surface area (Å²) in [6.07, 6.45) is 0. The Bertz CT molecular complexity index is 1780. The number of aliphatic hydroxyl groups is 1. The molecule has 4 aromatic rings. The summed E-state index contributed by atoms with van der Waals surface area (Å²) in [5.41, 5.74) is 5.72. The number of carbonyl (C=O) groups excluding carboxylic acids is 3. The average Bonchev–Trinajstić information content (AvgIpc) is 3.35. The van der Waals surface area contributed by atoms with Gasteiger partial charge >= 0.3 is 23.4 Å². The first-order valence-electron chi connectivity index (χ1n) is 12.8. The molecule has 1 atom stereocenters. The summed E-state index contributed by atoms with van der Waals surface area (Å²) in [6, 6.07) is 29.7. The number of guanidine groups is 1. The van der Waals surface area contributed by atoms with Crippen LogP contribution in [0.2, 0.25) is 0 Å². The van der Waals surface area contributed by atoms with Crippen LogP contribution in [0, 0.1) is 6.92 Å². The Morgan fingerprint density at radius 2 is 1.39 bits per heavy atom. The molecule has 41 heavy (non-hydrogen) atoms. The van der Waals surface area contributed by atoms with Gasteiger partial charge in [-0.25, -0.2) is 4.79 Å². The number of phenolic OH excluding ortho intramolecular Hbond substituents is 1. The van der Waals surface area contributed by atoms with Crippen LogP contribution in [0.5, 0.6) is 5.75 Å². The smallest absolute Gasteiger partial charge is 0.366 e. The fraction of sp³-hybridized carbons (Fsp3) is 0.0625. The van der Waals surface area contributed by atoms with Crippen LogP contribution in [0.25, 0.3) is 5.76 Å². The minimum Gasteiger partial charge on any atom is -0.507 e. The van der Waals surface area contributed by atoms with Gasteiger partial charge in [-0.05, 0) is 43.3 Å². The number of nitrogens with zero attached hydrogens (tertiary/aromatic N) is 3. The molecule has 9 nitrogen and oxygen atoms in total. The molecule has 4 aromatic carbocycles. The first-order valence-corrected chi connectivity index (χ1v) is 12.8. The van der Waals surface area contributed by atoms with E-state index in [1.165, 1.54) is 21.6 Å². The molecule has 0 aromatic heterocycles. The van der Waals surface area contributed by atoms with Gasteiger partial charge in [0, 0.05) is 5.56 Å². The van der Waals surface area contributed by atoms with Crippen molar-refractivity contribution >= 4 is 46.4 Å². The Labute approximate surface area is 235 Å². The van der Waals surface area contributed by atoms with Crippen LogP contribution in [-0.2, 0) is 14.4 Å². The van der Waals surface area contributed by atoms with Gasteiger partial charge in [-0.15, -0.1) is 0 Å². The summed E-state index contributed by atoms with van der Waals surface area (Å²) in [6.45, 7) is 1.87. The summed E-state index contributed by atoms with van der Waals surface area (Å²) >= 11 is 0. The molecule has 2 heterocycles. The lowest BCUT2D eigenvalue weighted by atomic mass is 9.92. The summed E-state index contributed by atoms with van der Waals surface area (Å²) in [5, 5.41) is 22.7. The van der Waals surface area contributed by atoms with E-state index in [0.717, 1.165) is 10.5 Å². The van der Waals surface area contributed by atoms with Crippen molar-refractivity contribution in [3.63, 3.8) is 0 Å². The van der Waals surface area contributed by atoms with Gasteiger partial charge in [-0.3, -0.25) is 20.2 Å². The minimum absolute atomic E-state index is 0.102. The van der Waals surface area contributed by atoms with Crippen LogP contribution in [0.3, 0.4) is 0 Å². The van der Waals surface area contributed by atoms with Gasteiger partial charge in [-0.1, -0.05) is 78.4 Å². The number of aliphatic hydroxyl groups excluding tert-OH is 1. The second-order valence-electron chi connectivity index (χ2n) is 9.73. The maximum atomic E-state index is 14.9. The molecule has 2 aliphatic rings. The molecular formula is C32H25N4O5+. The Morgan fingerprint density at radius 1 is 0.805 bits per heavy atom. The first kappa shape index (κ1) is 25.6. The second-order valence-corrected chi connectivity index (χ2v) is 9.73. The van der Waals surface area contributed by atoms with Gasteiger partial charge in [0.05, 0.1) is 5.69 Å². The highest BCUT2D eigenvalue weighted by Gasteiger charge is 2.74. The predicted molar refractivity (Wildman–Crippen MR) is 154 cm³/mol. The molecule has 2 aliphatic heterocycles. The van der Waals surface area contributed by atoms with E-state index in [1.54, 1.807) is 97.1 Å². The maximum Gasteiger partial charge on any atom is 0.366 e. The third kappa shape index (κ3) is 3.63. The number of Topliss-reactive ketones (excluding diaryl/α,β-unsaturated/α-hetero) is 1. The Balaban J connectivity index is 1.78. The molecule has 4 N–H and O–H groups in total. The van der Waals surface area contributed by atoms with E-state index >= 15 is 0 Å². The summed E-state index contributed by atoms with van der Waals surface area (Å²) in [5.74, 6) is -4.02. The second kappa shape index (κ2) is 9.49. The van der Waals surface area contributed by atoms with Gasteiger partial charge in [0.15, 0.2) is 0 Å². The molecule has 1 fully saturated rings. The number of benzene rings is 4. The molecule has 2 amide bonds. The van der Waals surface area contributed by atoms with Gasteiger partial charge < -0.3 is 10.2 Å². The Kier molecular flexibility index (Phi) is 5.92. The SMILES string of the molecule is Cc1ccc(/C(O)=C2\C(=O)C(=O)N(c3ccccc3O)C23C(=O)N(c2ccccc2)C(N)=[N+]3c2ccccc2)cc1. The number of carbonyl (C=O) groups is 3. The van der Waals surface area contributed by atoms with Gasteiger partial charge in [0.25, 0.3) is 5.78 Å². The van der Waals surface area contributed by atoms with E-state index in [1.807, 2.05) is 6.92 Å². The van der Waals surface area contributed by atoms with Crippen LogP contribution >= 0.6 is 0 Å². The lowest BCUT2D eigenvalue weighted by Gasteiger charge is -2.33. The Hall–Kier alpha value is -5.70. The number of aryl methyl sites for hydroxylation is 1. The molecule has 0 saturated carbocycles. The normalized spacial score (nSPS) is 20.0. The van der Waals surface area contributed by atoms with E-state index in [2.05, 4.69) is 0 Å². The van der Waals surface area contributed by atoms with Crippen molar-refractivity contribution in [2.24, 2.45) is 5.73 Å². The molecular weight excluding hydrogens is 520 g/mol. The number of para-hydroxylation sites is 4. The molecule has 9 heteroatoms. The lowest BCUT2D eigenvalue weighted by molar-refractivity contribution is -0.494. The highest BCUT2D eigenvalue weighted by molar-refractivity contribution is 6.55. The lowest BCUT2D eigenvalue weighted by Crippen LogP contribution is -2.59. The highest BCUT2D eigenvalue weighted by Crippen LogP contribution is 2.49. The van der Waals surface area contributed by atoms with E-state index in [4.69, 9.17) is 5.73 Å². The quantitative estimate of drug-likeness (QED) is 0.154. The number of rotatable bonds is 4. The van der Waals surface area contributed by atoms with E-state index < -0.39 is 34.6 Å². The average molecular weight is 546 g/mol. The number of anilines is 2. The molecule has 202 valence electrons. The van der Waals surface area contributed by atoms with Crippen molar-refractivity contribution in [2.45, 2.75) is 12.6 Å². The van der Waals surface area contributed by atoms with Crippen LogP contribution in [0.4, 0.5) is 17.1 Å². The number of phenols is 1. The van der Waals surface area contributed by atoms with Crippen LogP contribution in [0.1, 0.15) is 11.1 Å². The molecule has 6 rings (SSSR count). The third-order valence-electron chi connectivity index (χ3n) is 7.29. The van der Waals surface area contributed by atoms with E-state index in [-0.39, 0.29) is 23.0 Å². The predicted octanol–water partition coefficient (Wildman–Crippen LogP) is 3.99.